The maximum absolute atomic E-state index is 12.0. The molecule has 2 amide bonds. The molecular formula is C10H18N6O3S2. The van der Waals surface area contributed by atoms with Crippen molar-refractivity contribution in [2.24, 2.45) is 0 Å². The average molecular weight is 334 g/mol. The number of sulfonamides is 1. The van der Waals surface area contributed by atoms with E-state index in [0.717, 1.165) is 15.6 Å². The van der Waals surface area contributed by atoms with Crippen molar-refractivity contribution in [3.05, 3.63) is 0 Å². The van der Waals surface area contributed by atoms with Gasteiger partial charge in [0.05, 0.1) is 6.04 Å². The molecule has 1 aromatic heterocycles. The van der Waals surface area contributed by atoms with Crippen molar-refractivity contribution < 1.29 is 13.2 Å². The van der Waals surface area contributed by atoms with Gasteiger partial charge in [-0.3, -0.25) is 4.90 Å². The van der Waals surface area contributed by atoms with Gasteiger partial charge in [-0.15, -0.1) is 10.2 Å². The lowest BCUT2D eigenvalue weighted by Gasteiger charge is -2.22. The molecule has 1 N–H and O–H groups in total. The molecule has 1 aliphatic heterocycles. The summed E-state index contributed by atoms with van der Waals surface area (Å²) in [5, 5.41) is 10.6. The predicted octanol–water partition coefficient (Wildman–Crippen LogP) is -0.752. The Kier molecular flexibility index (Phi) is 4.46. The van der Waals surface area contributed by atoms with Gasteiger partial charge in [0.15, 0.2) is 0 Å². The van der Waals surface area contributed by atoms with E-state index < -0.39 is 10.0 Å². The topological polar surface area (TPSA) is 98.7 Å². The lowest BCUT2D eigenvalue weighted by molar-refractivity contribution is 0.251. The van der Waals surface area contributed by atoms with E-state index >= 15 is 0 Å². The first-order valence-corrected chi connectivity index (χ1v) is 8.47. The smallest absolute Gasteiger partial charge is 0.324 e. The Morgan fingerprint density at radius 1 is 1.33 bits per heavy atom. The minimum absolute atomic E-state index is 0.102. The Morgan fingerprint density at radius 3 is 2.57 bits per heavy atom. The number of hydrogen-bond acceptors (Lipinski definition) is 7. The van der Waals surface area contributed by atoms with E-state index in [1.807, 2.05) is 19.0 Å². The standard InChI is InChI=1S/C10H18N6O3S2/c1-14(2)6-7-5-11-8(17)16(7)9-12-13-10(20-9)21(18,19)15(3)4/h7H,5-6H2,1-4H3,(H,11,17). The van der Waals surface area contributed by atoms with Crippen molar-refractivity contribution in [3.63, 3.8) is 0 Å². The van der Waals surface area contributed by atoms with Crippen molar-refractivity contribution in [3.8, 4) is 0 Å². The van der Waals surface area contributed by atoms with Crippen molar-refractivity contribution in [1.82, 2.24) is 24.7 Å². The first kappa shape index (κ1) is 16.1. The Bertz CT molecular complexity index is 626. The molecule has 21 heavy (non-hydrogen) atoms. The zero-order chi connectivity index (χ0) is 15.8. The third-order valence-electron chi connectivity index (χ3n) is 2.95. The van der Waals surface area contributed by atoms with E-state index in [0.29, 0.717) is 13.1 Å². The van der Waals surface area contributed by atoms with Crippen LogP contribution >= 0.6 is 11.3 Å². The number of nitrogens with one attached hydrogen (secondary N) is 1. The highest BCUT2D eigenvalue weighted by Crippen LogP contribution is 2.28. The Labute approximate surface area is 127 Å². The molecular weight excluding hydrogens is 316 g/mol. The summed E-state index contributed by atoms with van der Waals surface area (Å²) in [4.78, 5) is 15.4. The van der Waals surface area contributed by atoms with Gasteiger partial charge in [0.1, 0.15) is 0 Å². The Hall–Kier alpha value is -1.30. The molecule has 1 aliphatic rings. The number of hydrogen-bond donors (Lipinski definition) is 1. The SMILES string of the molecule is CN(C)CC1CNC(=O)N1c1nnc(S(=O)(=O)N(C)C)s1. The number of carbonyl (C=O) groups is 1. The minimum Gasteiger partial charge on any atom is -0.335 e. The number of rotatable bonds is 5. The third-order valence-corrected chi connectivity index (χ3v) is 6.04. The fraction of sp³-hybridized carbons (Fsp3) is 0.700. The van der Waals surface area contributed by atoms with Crippen molar-refractivity contribution in [2.45, 2.75) is 10.4 Å². The normalized spacial score (nSPS) is 19.6. The Balaban J connectivity index is 2.29. The van der Waals surface area contributed by atoms with Crippen LogP contribution in [0.15, 0.2) is 4.34 Å². The quantitative estimate of drug-likeness (QED) is 0.711. The summed E-state index contributed by atoms with van der Waals surface area (Å²) in [5.74, 6) is 0. The molecule has 1 fully saturated rings. The molecule has 0 aliphatic carbocycles. The van der Waals surface area contributed by atoms with E-state index in [1.54, 1.807) is 0 Å². The summed E-state index contributed by atoms with van der Waals surface area (Å²) in [6.07, 6.45) is 0. The Morgan fingerprint density at radius 2 is 2.00 bits per heavy atom. The summed E-state index contributed by atoms with van der Waals surface area (Å²) >= 11 is 0.895. The summed E-state index contributed by atoms with van der Waals surface area (Å²) in [5.41, 5.74) is 0. The zero-order valence-corrected chi connectivity index (χ0v) is 13.9. The van der Waals surface area contributed by atoms with Gasteiger partial charge in [-0.2, -0.15) is 0 Å². The van der Waals surface area contributed by atoms with E-state index in [1.165, 1.54) is 19.0 Å². The van der Waals surface area contributed by atoms with Crippen LogP contribution in [0.5, 0.6) is 0 Å². The van der Waals surface area contributed by atoms with Crippen LogP contribution in [0.25, 0.3) is 0 Å². The van der Waals surface area contributed by atoms with Gasteiger partial charge in [0, 0.05) is 27.2 Å². The minimum atomic E-state index is -3.63. The number of aromatic nitrogens is 2. The molecule has 1 unspecified atom stereocenters. The van der Waals surface area contributed by atoms with Gasteiger partial charge in [-0.25, -0.2) is 17.5 Å². The molecule has 11 heteroatoms. The number of amides is 2. The van der Waals surface area contributed by atoms with Crippen LogP contribution in [0.3, 0.4) is 0 Å². The molecule has 2 heterocycles. The predicted molar refractivity (Wildman–Crippen MR) is 79.0 cm³/mol. The fourth-order valence-corrected chi connectivity index (χ4v) is 4.12. The van der Waals surface area contributed by atoms with Gasteiger partial charge < -0.3 is 10.2 Å². The number of likely N-dealkylation sites (N-methyl/N-ethyl adjacent to an activating group) is 1. The summed E-state index contributed by atoms with van der Waals surface area (Å²) in [7, 11) is 3.03. The van der Waals surface area contributed by atoms with Gasteiger partial charge in [0.2, 0.25) is 9.47 Å². The van der Waals surface area contributed by atoms with Crippen LogP contribution in [0.4, 0.5) is 9.93 Å². The van der Waals surface area contributed by atoms with Crippen LogP contribution in [-0.2, 0) is 10.0 Å². The second-order valence-corrected chi connectivity index (χ2v) is 8.39. The van der Waals surface area contributed by atoms with Crippen LogP contribution in [0.2, 0.25) is 0 Å². The first-order valence-electron chi connectivity index (χ1n) is 6.21. The van der Waals surface area contributed by atoms with E-state index in [4.69, 9.17) is 0 Å². The van der Waals surface area contributed by atoms with E-state index in [9.17, 15) is 13.2 Å². The molecule has 1 aromatic rings. The van der Waals surface area contributed by atoms with Crippen molar-refractivity contribution >= 4 is 32.5 Å². The van der Waals surface area contributed by atoms with Crippen molar-refractivity contribution in [2.75, 3.05) is 46.2 Å². The third kappa shape index (κ3) is 3.15. The number of nitrogens with zero attached hydrogens (tertiary/aromatic N) is 5. The zero-order valence-electron chi connectivity index (χ0n) is 12.3. The van der Waals surface area contributed by atoms with Crippen molar-refractivity contribution in [1.29, 1.82) is 0 Å². The monoisotopic (exact) mass is 334 g/mol. The first-order chi connectivity index (χ1) is 9.73. The highest BCUT2D eigenvalue weighted by Gasteiger charge is 2.36. The highest BCUT2D eigenvalue weighted by molar-refractivity contribution is 7.91. The molecule has 0 aromatic carbocycles. The molecule has 118 valence electrons. The average Bonchev–Trinajstić information content (AvgIpc) is 2.96. The van der Waals surface area contributed by atoms with Crippen LogP contribution < -0.4 is 10.2 Å². The van der Waals surface area contributed by atoms with Gasteiger partial charge in [-0.05, 0) is 14.1 Å². The summed E-state index contributed by atoms with van der Waals surface area (Å²) < 4.78 is 25.0. The second-order valence-electron chi connectivity index (χ2n) is 5.11. The molecule has 0 bridgehead atoms. The van der Waals surface area contributed by atoms with Crippen LogP contribution in [0.1, 0.15) is 0 Å². The summed E-state index contributed by atoms with van der Waals surface area (Å²) in [6.45, 7) is 1.14. The van der Waals surface area contributed by atoms with Crippen LogP contribution in [-0.4, -0.2) is 81.2 Å². The van der Waals surface area contributed by atoms with E-state index in [-0.39, 0.29) is 21.5 Å². The lowest BCUT2D eigenvalue weighted by Crippen LogP contribution is -2.40. The van der Waals surface area contributed by atoms with Gasteiger partial charge in [0.25, 0.3) is 10.0 Å². The lowest BCUT2D eigenvalue weighted by atomic mass is 10.3. The molecule has 2 rings (SSSR count). The van der Waals surface area contributed by atoms with Gasteiger partial charge in [-0.1, -0.05) is 11.3 Å². The molecule has 0 saturated carbocycles. The molecule has 1 saturated heterocycles. The number of carbonyl (C=O) groups excluding carboxylic acids is 1. The summed E-state index contributed by atoms with van der Waals surface area (Å²) in [6, 6.07) is -0.387. The molecule has 9 nitrogen and oxygen atoms in total. The largest absolute Gasteiger partial charge is 0.335 e. The van der Waals surface area contributed by atoms with E-state index in [2.05, 4.69) is 15.5 Å². The maximum atomic E-state index is 12.0. The molecule has 1 atom stereocenters. The number of anilines is 1. The number of urea groups is 1. The molecule has 0 spiro atoms. The van der Waals surface area contributed by atoms with Crippen LogP contribution in [0, 0.1) is 0 Å². The maximum Gasteiger partial charge on any atom is 0.324 e. The molecule has 0 radical (unpaired) electrons. The highest BCUT2D eigenvalue weighted by atomic mass is 32.2. The fourth-order valence-electron chi connectivity index (χ4n) is 1.92. The van der Waals surface area contributed by atoms with Gasteiger partial charge >= 0.3 is 6.03 Å². The second kappa shape index (κ2) is 5.83.